The highest BCUT2D eigenvalue weighted by Gasteiger charge is 2.22. The van der Waals surface area contributed by atoms with Crippen molar-refractivity contribution < 1.29 is 9.50 Å². The molecule has 2 rings (SSSR count). The van der Waals surface area contributed by atoms with Crippen LogP contribution in [0.25, 0.3) is 0 Å². The van der Waals surface area contributed by atoms with Gasteiger partial charge in [-0.15, -0.1) is 0 Å². The molecule has 2 nitrogen and oxygen atoms in total. The summed E-state index contributed by atoms with van der Waals surface area (Å²) in [7, 11) is 0. The molecule has 1 unspecified atom stereocenters. The molecule has 1 atom stereocenters. The van der Waals surface area contributed by atoms with Crippen molar-refractivity contribution in [1.82, 2.24) is 5.32 Å². The van der Waals surface area contributed by atoms with Crippen molar-refractivity contribution in [3.8, 4) is 0 Å². The molecule has 0 spiro atoms. The summed E-state index contributed by atoms with van der Waals surface area (Å²) in [6, 6.07) is 4.59. The lowest BCUT2D eigenvalue weighted by Gasteiger charge is -2.13. The fraction of sp³-hybridized carbons (Fsp3) is 0.455. The zero-order valence-corrected chi connectivity index (χ0v) is 8.97. The molecular formula is C11H13ClFNO. The van der Waals surface area contributed by atoms with Gasteiger partial charge in [-0.2, -0.15) is 0 Å². The summed E-state index contributed by atoms with van der Waals surface area (Å²) in [6.45, 7) is 0.468. The van der Waals surface area contributed by atoms with Gasteiger partial charge in [-0.1, -0.05) is 17.7 Å². The van der Waals surface area contributed by atoms with Gasteiger partial charge in [0.05, 0.1) is 6.10 Å². The van der Waals surface area contributed by atoms with Crippen LogP contribution in [0.2, 0.25) is 5.02 Å². The number of hydrogen-bond acceptors (Lipinski definition) is 2. The topological polar surface area (TPSA) is 32.3 Å². The Balaban J connectivity index is 1.99. The van der Waals surface area contributed by atoms with Gasteiger partial charge in [0.25, 0.3) is 0 Å². The molecule has 0 aliphatic heterocycles. The average molecular weight is 230 g/mol. The molecule has 15 heavy (non-hydrogen) atoms. The minimum atomic E-state index is -0.668. The first-order valence-corrected chi connectivity index (χ1v) is 5.41. The van der Waals surface area contributed by atoms with E-state index in [1.165, 1.54) is 31.0 Å². The molecule has 0 saturated heterocycles. The van der Waals surface area contributed by atoms with E-state index in [1.807, 2.05) is 0 Å². The molecule has 4 heteroatoms. The molecule has 0 aromatic heterocycles. The first-order valence-electron chi connectivity index (χ1n) is 5.03. The molecule has 2 N–H and O–H groups in total. The highest BCUT2D eigenvalue weighted by Crippen LogP contribution is 2.25. The standard InChI is InChI=1S/C11H13ClFNO/c12-10-5-7(13)1-4-9(10)11(15)6-14-8-2-3-8/h1,4-5,8,11,14-15H,2-3,6H2. The van der Waals surface area contributed by atoms with Gasteiger partial charge in [0.2, 0.25) is 0 Å². The fourth-order valence-corrected chi connectivity index (χ4v) is 1.74. The number of benzene rings is 1. The van der Waals surface area contributed by atoms with E-state index in [0.29, 0.717) is 18.2 Å². The van der Waals surface area contributed by atoms with Crippen molar-refractivity contribution in [1.29, 1.82) is 0 Å². The van der Waals surface area contributed by atoms with Crippen LogP contribution in [-0.4, -0.2) is 17.7 Å². The lowest BCUT2D eigenvalue weighted by atomic mass is 10.1. The van der Waals surface area contributed by atoms with E-state index in [-0.39, 0.29) is 10.8 Å². The Morgan fingerprint density at radius 1 is 1.53 bits per heavy atom. The second-order valence-corrected chi connectivity index (χ2v) is 4.27. The maximum Gasteiger partial charge on any atom is 0.124 e. The van der Waals surface area contributed by atoms with Gasteiger partial charge in [-0.3, -0.25) is 0 Å². The zero-order valence-electron chi connectivity index (χ0n) is 8.21. The van der Waals surface area contributed by atoms with E-state index in [0.717, 1.165) is 0 Å². The minimum absolute atomic E-state index is 0.278. The number of halogens is 2. The third kappa shape index (κ3) is 2.91. The second-order valence-electron chi connectivity index (χ2n) is 3.86. The molecule has 1 saturated carbocycles. The molecule has 1 aliphatic rings. The highest BCUT2D eigenvalue weighted by atomic mass is 35.5. The minimum Gasteiger partial charge on any atom is -0.387 e. The van der Waals surface area contributed by atoms with E-state index < -0.39 is 6.10 Å². The smallest absolute Gasteiger partial charge is 0.124 e. The highest BCUT2D eigenvalue weighted by molar-refractivity contribution is 6.31. The Kier molecular flexibility index (Phi) is 3.24. The Labute approximate surface area is 93.1 Å². The third-order valence-corrected chi connectivity index (χ3v) is 2.83. The summed E-state index contributed by atoms with van der Waals surface area (Å²) < 4.78 is 12.8. The monoisotopic (exact) mass is 229 g/mol. The first-order chi connectivity index (χ1) is 7.16. The van der Waals surface area contributed by atoms with Crippen molar-refractivity contribution in [2.45, 2.75) is 25.0 Å². The predicted molar refractivity (Wildman–Crippen MR) is 57.4 cm³/mol. The van der Waals surface area contributed by atoms with E-state index in [4.69, 9.17) is 11.6 Å². The van der Waals surface area contributed by atoms with Gasteiger partial charge < -0.3 is 10.4 Å². The van der Waals surface area contributed by atoms with Gasteiger partial charge in [0.15, 0.2) is 0 Å². The fourth-order valence-electron chi connectivity index (χ4n) is 1.45. The first kappa shape index (κ1) is 10.9. The van der Waals surface area contributed by atoms with E-state index in [2.05, 4.69) is 5.32 Å². The summed E-state index contributed by atoms with van der Waals surface area (Å²) in [4.78, 5) is 0. The number of hydrogen-bond donors (Lipinski definition) is 2. The molecule has 1 aromatic carbocycles. The molecular weight excluding hydrogens is 217 g/mol. The van der Waals surface area contributed by atoms with Crippen molar-refractivity contribution in [3.05, 3.63) is 34.6 Å². The van der Waals surface area contributed by atoms with Crippen LogP contribution in [0.3, 0.4) is 0 Å². The van der Waals surface area contributed by atoms with Crippen molar-refractivity contribution in [2.75, 3.05) is 6.54 Å². The van der Waals surface area contributed by atoms with Gasteiger partial charge in [-0.25, -0.2) is 4.39 Å². The van der Waals surface area contributed by atoms with E-state index in [9.17, 15) is 9.50 Å². The molecule has 1 aromatic rings. The largest absolute Gasteiger partial charge is 0.387 e. The number of rotatable bonds is 4. The van der Waals surface area contributed by atoms with Gasteiger partial charge >= 0.3 is 0 Å². The van der Waals surface area contributed by atoms with Crippen LogP contribution in [0.1, 0.15) is 24.5 Å². The van der Waals surface area contributed by atoms with Crippen LogP contribution in [0.15, 0.2) is 18.2 Å². The number of nitrogens with one attached hydrogen (secondary N) is 1. The second kappa shape index (κ2) is 4.47. The Bertz CT molecular complexity index is 354. The third-order valence-electron chi connectivity index (χ3n) is 2.50. The van der Waals surface area contributed by atoms with Crippen molar-refractivity contribution in [2.24, 2.45) is 0 Å². The molecule has 0 amide bonds. The maximum absolute atomic E-state index is 12.8. The summed E-state index contributed by atoms with van der Waals surface area (Å²) >= 11 is 5.83. The van der Waals surface area contributed by atoms with Crippen molar-refractivity contribution in [3.63, 3.8) is 0 Å². The molecule has 1 aliphatic carbocycles. The van der Waals surface area contributed by atoms with Crippen LogP contribution in [0.4, 0.5) is 4.39 Å². The lowest BCUT2D eigenvalue weighted by molar-refractivity contribution is 0.174. The van der Waals surface area contributed by atoms with Crippen LogP contribution >= 0.6 is 11.6 Å². The zero-order chi connectivity index (χ0) is 10.8. The van der Waals surface area contributed by atoms with Gasteiger partial charge in [0.1, 0.15) is 5.82 Å². The average Bonchev–Trinajstić information content (AvgIpc) is 2.97. The molecule has 0 heterocycles. The quantitative estimate of drug-likeness (QED) is 0.830. The molecule has 82 valence electrons. The van der Waals surface area contributed by atoms with E-state index >= 15 is 0 Å². The van der Waals surface area contributed by atoms with Crippen LogP contribution in [0, 0.1) is 5.82 Å². The summed E-state index contributed by atoms with van der Waals surface area (Å²) in [5.74, 6) is -0.383. The van der Waals surface area contributed by atoms with Gasteiger partial charge in [-0.05, 0) is 25.0 Å². The normalized spacial score (nSPS) is 17.8. The maximum atomic E-state index is 12.8. The molecule has 1 fully saturated rings. The van der Waals surface area contributed by atoms with Crippen molar-refractivity contribution >= 4 is 11.6 Å². The number of aliphatic hydroxyl groups is 1. The van der Waals surface area contributed by atoms with Gasteiger partial charge in [0, 0.05) is 23.2 Å². The molecule has 0 radical (unpaired) electrons. The summed E-state index contributed by atoms with van der Waals surface area (Å²) in [5.41, 5.74) is 0.575. The summed E-state index contributed by atoms with van der Waals surface area (Å²) in [6.07, 6.45) is 1.67. The lowest BCUT2D eigenvalue weighted by Crippen LogP contribution is -2.23. The molecule has 0 bridgehead atoms. The van der Waals surface area contributed by atoms with Crippen LogP contribution < -0.4 is 5.32 Å². The Morgan fingerprint density at radius 3 is 2.87 bits per heavy atom. The van der Waals surface area contributed by atoms with E-state index in [1.54, 1.807) is 0 Å². The van der Waals surface area contributed by atoms with Crippen LogP contribution in [0.5, 0.6) is 0 Å². The SMILES string of the molecule is OC(CNC1CC1)c1ccc(F)cc1Cl. The number of aliphatic hydroxyl groups excluding tert-OH is 1. The Hall–Kier alpha value is -0.640. The predicted octanol–water partition coefficient (Wildman–Crippen LogP) is 2.26. The summed E-state index contributed by atoms with van der Waals surface area (Å²) in [5, 5.41) is 13.3. The van der Waals surface area contributed by atoms with Crippen LogP contribution in [-0.2, 0) is 0 Å². The Morgan fingerprint density at radius 2 is 2.27 bits per heavy atom.